The first-order chi connectivity index (χ1) is 6.22. The molecule has 1 aliphatic carbocycles. The molecule has 0 aromatic carbocycles. The Morgan fingerprint density at radius 3 is 2.46 bits per heavy atom. The van der Waals surface area contributed by atoms with E-state index in [9.17, 15) is 4.79 Å². The molecule has 0 unspecified atom stereocenters. The molecule has 2 rings (SSSR count). The third-order valence-corrected chi connectivity index (χ3v) is 3.43. The number of hydrogen-bond acceptors (Lipinski definition) is 2. The summed E-state index contributed by atoms with van der Waals surface area (Å²) in [6.45, 7) is 0.873. The highest BCUT2D eigenvalue weighted by atomic mass is 16.5. The van der Waals surface area contributed by atoms with E-state index in [4.69, 9.17) is 9.84 Å². The Balaban J connectivity index is 1.91. The normalized spacial score (nSPS) is 39.5. The van der Waals surface area contributed by atoms with Crippen LogP contribution in [0.1, 0.15) is 38.5 Å². The van der Waals surface area contributed by atoms with Gasteiger partial charge in [0.2, 0.25) is 0 Å². The summed E-state index contributed by atoms with van der Waals surface area (Å²) in [5, 5.41) is 8.83. The van der Waals surface area contributed by atoms with Crippen molar-refractivity contribution >= 4 is 5.97 Å². The maximum absolute atomic E-state index is 10.7. The molecule has 0 bridgehead atoms. The Hall–Kier alpha value is -0.570. The lowest BCUT2D eigenvalue weighted by atomic mass is 9.77. The molecular formula is C10H16O3. The largest absolute Gasteiger partial charge is 0.481 e. The molecule has 3 nitrogen and oxygen atoms in total. The molecule has 2 aliphatic rings. The van der Waals surface area contributed by atoms with E-state index in [1.54, 1.807) is 0 Å². The lowest BCUT2D eigenvalue weighted by Gasteiger charge is -2.34. The highest BCUT2D eigenvalue weighted by Gasteiger charge is 2.40. The number of aliphatic carboxylic acids is 1. The predicted molar refractivity (Wildman–Crippen MR) is 47.5 cm³/mol. The molecule has 3 heteroatoms. The summed E-state index contributed by atoms with van der Waals surface area (Å²) in [5.41, 5.74) is 0.0753. The molecule has 1 saturated heterocycles. The van der Waals surface area contributed by atoms with Gasteiger partial charge in [-0.15, -0.1) is 0 Å². The Labute approximate surface area is 78.1 Å². The second-order valence-corrected chi connectivity index (χ2v) is 4.25. The average molecular weight is 184 g/mol. The van der Waals surface area contributed by atoms with E-state index >= 15 is 0 Å². The average Bonchev–Trinajstić information content (AvgIpc) is 2.54. The summed E-state index contributed by atoms with van der Waals surface area (Å²) in [6.07, 6.45) is 5.79. The van der Waals surface area contributed by atoms with Crippen molar-refractivity contribution in [1.29, 1.82) is 0 Å². The Morgan fingerprint density at radius 2 is 2.00 bits per heavy atom. The van der Waals surface area contributed by atoms with E-state index in [1.165, 1.54) is 0 Å². The number of hydrogen-bond donors (Lipinski definition) is 1. The molecular weight excluding hydrogens is 168 g/mol. The van der Waals surface area contributed by atoms with E-state index in [2.05, 4.69) is 0 Å². The van der Waals surface area contributed by atoms with Crippen LogP contribution in [0.15, 0.2) is 0 Å². The SMILES string of the molecule is O=C(O)C1CCC2(CCCO2)CC1. The van der Waals surface area contributed by atoms with Gasteiger partial charge < -0.3 is 9.84 Å². The standard InChI is InChI=1S/C10H16O3/c11-9(12)8-2-5-10(6-3-8)4-1-7-13-10/h8H,1-7H2,(H,11,12). The van der Waals surface area contributed by atoms with Gasteiger partial charge in [0, 0.05) is 6.61 Å². The van der Waals surface area contributed by atoms with Gasteiger partial charge in [-0.25, -0.2) is 0 Å². The summed E-state index contributed by atoms with van der Waals surface area (Å²) in [4.78, 5) is 10.7. The molecule has 1 aliphatic heterocycles. The Morgan fingerprint density at radius 1 is 1.31 bits per heavy atom. The van der Waals surface area contributed by atoms with Crippen molar-refractivity contribution < 1.29 is 14.6 Å². The van der Waals surface area contributed by atoms with Gasteiger partial charge in [0.05, 0.1) is 11.5 Å². The van der Waals surface area contributed by atoms with Crippen LogP contribution in [0.25, 0.3) is 0 Å². The predicted octanol–water partition coefficient (Wildman–Crippen LogP) is 1.81. The van der Waals surface area contributed by atoms with Gasteiger partial charge in [0.1, 0.15) is 0 Å². The van der Waals surface area contributed by atoms with Crippen molar-refractivity contribution in [2.45, 2.75) is 44.1 Å². The van der Waals surface area contributed by atoms with Crippen LogP contribution in [0.5, 0.6) is 0 Å². The fraction of sp³-hybridized carbons (Fsp3) is 0.900. The Kier molecular flexibility index (Phi) is 2.28. The molecule has 13 heavy (non-hydrogen) atoms. The number of carbonyl (C=O) groups is 1. The monoisotopic (exact) mass is 184 g/mol. The van der Waals surface area contributed by atoms with Gasteiger partial charge in [0.25, 0.3) is 0 Å². The zero-order chi connectivity index (χ0) is 9.31. The first-order valence-electron chi connectivity index (χ1n) is 5.09. The minimum atomic E-state index is -0.632. The van der Waals surface area contributed by atoms with Crippen molar-refractivity contribution in [1.82, 2.24) is 0 Å². The third kappa shape index (κ3) is 1.70. The highest BCUT2D eigenvalue weighted by Crippen LogP contribution is 2.41. The van der Waals surface area contributed by atoms with E-state index in [0.29, 0.717) is 0 Å². The summed E-state index contributed by atoms with van der Waals surface area (Å²) >= 11 is 0. The zero-order valence-corrected chi connectivity index (χ0v) is 7.79. The van der Waals surface area contributed by atoms with Gasteiger partial charge in [-0.05, 0) is 38.5 Å². The van der Waals surface area contributed by atoms with E-state index in [1.807, 2.05) is 0 Å². The van der Waals surface area contributed by atoms with Crippen molar-refractivity contribution in [2.24, 2.45) is 5.92 Å². The maximum atomic E-state index is 10.7. The number of rotatable bonds is 1. The van der Waals surface area contributed by atoms with Gasteiger partial charge in [-0.3, -0.25) is 4.79 Å². The van der Waals surface area contributed by atoms with Gasteiger partial charge in [0.15, 0.2) is 0 Å². The fourth-order valence-electron chi connectivity index (χ4n) is 2.54. The molecule has 1 N–H and O–H groups in total. The summed E-state index contributed by atoms with van der Waals surface area (Å²) in [5.74, 6) is -0.748. The molecule has 0 atom stereocenters. The molecule has 2 fully saturated rings. The number of ether oxygens (including phenoxy) is 1. The van der Waals surface area contributed by atoms with E-state index in [0.717, 1.165) is 45.1 Å². The molecule has 1 saturated carbocycles. The van der Waals surface area contributed by atoms with E-state index < -0.39 is 5.97 Å². The molecule has 74 valence electrons. The minimum Gasteiger partial charge on any atom is -0.481 e. The van der Waals surface area contributed by atoms with Crippen LogP contribution in [0.2, 0.25) is 0 Å². The minimum absolute atomic E-state index is 0.0753. The molecule has 1 spiro atoms. The second-order valence-electron chi connectivity index (χ2n) is 4.25. The van der Waals surface area contributed by atoms with Gasteiger partial charge in [-0.1, -0.05) is 0 Å². The van der Waals surface area contributed by atoms with Crippen LogP contribution in [-0.2, 0) is 9.53 Å². The topological polar surface area (TPSA) is 46.5 Å². The van der Waals surface area contributed by atoms with Crippen molar-refractivity contribution in [3.63, 3.8) is 0 Å². The first kappa shape index (κ1) is 9.00. The summed E-state index contributed by atoms with van der Waals surface area (Å²) < 4.78 is 5.72. The maximum Gasteiger partial charge on any atom is 0.306 e. The van der Waals surface area contributed by atoms with Crippen LogP contribution in [0, 0.1) is 5.92 Å². The van der Waals surface area contributed by atoms with Crippen LogP contribution in [0.3, 0.4) is 0 Å². The number of carboxylic acids is 1. The van der Waals surface area contributed by atoms with Gasteiger partial charge in [-0.2, -0.15) is 0 Å². The van der Waals surface area contributed by atoms with Crippen molar-refractivity contribution in [3.8, 4) is 0 Å². The van der Waals surface area contributed by atoms with E-state index in [-0.39, 0.29) is 11.5 Å². The number of carboxylic acid groups (broad SMARTS) is 1. The smallest absolute Gasteiger partial charge is 0.306 e. The van der Waals surface area contributed by atoms with Crippen LogP contribution in [0.4, 0.5) is 0 Å². The third-order valence-electron chi connectivity index (χ3n) is 3.43. The van der Waals surface area contributed by atoms with Crippen LogP contribution < -0.4 is 0 Å². The molecule has 0 aromatic rings. The highest BCUT2D eigenvalue weighted by molar-refractivity contribution is 5.70. The first-order valence-corrected chi connectivity index (χ1v) is 5.09. The molecule has 1 heterocycles. The lowest BCUT2D eigenvalue weighted by molar-refractivity contribution is -0.145. The quantitative estimate of drug-likeness (QED) is 0.676. The van der Waals surface area contributed by atoms with Gasteiger partial charge >= 0.3 is 5.97 Å². The van der Waals surface area contributed by atoms with Crippen molar-refractivity contribution in [2.75, 3.05) is 6.61 Å². The molecule has 0 aromatic heterocycles. The molecule has 0 amide bonds. The van der Waals surface area contributed by atoms with Crippen LogP contribution in [-0.4, -0.2) is 23.3 Å². The zero-order valence-electron chi connectivity index (χ0n) is 7.79. The summed E-state index contributed by atoms with van der Waals surface area (Å²) in [7, 11) is 0. The fourth-order valence-corrected chi connectivity index (χ4v) is 2.54. The van der Waals surface area contributed by atoms with Crippen LogP contribution >= 0.6 is 0 Å². The van der Waals surface area contributed by atoms with Crippen molar-refractivity contribution in [3.05, 3.63) is 0 Å². The second kappa shape index (κ2) is 3.29. The summed E-state index contributed by atoms with van der Waals surface area (Å²) in [6, 6.07) is 0. The lowest BCUT2D eigenvalue weighted by Crippen LogP contribution is -2.35. The molecule has 0 radical (unpaired) electrons. The Bertz CT molecular complexity index is 196.